The molecule has 1 aromatic heterocycles. The quantitative estimate of drug-likeness (QED) is 0.192. The average molecular weight is 561 g/mol. The number of amides is 1. The maximum absolute atomic E-state index is 12.8. The van der Waals surface area contributed by atoms with Gasteiger partial charge in [-0.25, -0.2) is 9.78 Å². The van der Waals surface area contributed by atoms with Crippen LogP contribution in [0.2, 0.25) is 0 Å². The van der Waals surface area contributed by atoms with E-state index in [1.807, 2.05) is 72.9 Å². The molecule has 4 rings (SSSR count). The number of fused-ring (bicyclic) bond motifs is 2. The summed E-state index contributed by atoms with van der Waals surface area (Å²) in [7, 11) is 3.50. The molecule has 0 bridgehead atoms. The lowest BCUT2D eigenvalue weighted by atomic mass is 9.92. The molecule has 0 aliphatic heterocycles. The van der Waals surface area contributed by atoms with E-state index in [-0.39, 0.29) is 10.3 Å². The first-order chi connectivity index (χ1) is 18.7. The Hall–Kier alpha value is -2.92. The Kier molecular flexibility index (Phi) is 10.0. The van der Waals surface area contributed by atoms with Crippen LogP contribution in [0, 0.1) is 11.8 Å². The number of pyridine rings is 1. The molecule has 39 heavy (non-hydrogen) atoms. The third kappa shape index (κ3) is 9.06. The molecule has 0 saturated heterocycles. The van der Waals surface area contributed by atoms with Gasteiger partial charge in [-0.2, -0.15) is 0 Å². The van der Waals surface area contributed by atoms with Crippen molar-refractivity contribution >= 4 is 27.7 Å². The molecule has 2 aromatic carbocycles. The predicted octanol–water partition coefficient (Wildman–Crippen LogP) is 7.60. The van der Waals surface area contributed by atoms with Crippen LogP contribution in [0.15, 0.2) is 78.0 Å². The molecular formula is C32H36N2O3S2. The minimum Gasteiger partial charge on any atom is -0.441 e. The van der Waals surface area contributed by atoms with Crippen molar-refractivity contribution in [2.75, 3.05) is 13.2 Å². The van der Waals surface area contributed by atoms with Gasteiger partial charge >= 0.3 is 6.09 Å². The van der Waals surface area contributed by atoms with Gasteiger partial charge in [0.2, 0.25) is 0 Å². The fourth-order valence-electron chi connectivity index (χ4n) is 4.14. The molecule has 1 unspecified atom stereocenters. The van der Waals surface area contributed by atoms with Crippen LogP contribution in [0.4, 0.5) is 4.79 Å². The number of hydrogen-bond donors (Lipinski definition) is 1. The van der Waals surface area contributed by atoms with Crippen LogP contribution >= 0.6 is 21.6 Å². The lowest BCUT2D eigenvalue weighted by Gasteiger charge is -2.29. The van der Waals surface area contributed by atoms with Crippen molar-refractivity contribution in [3.05, 3.63) is 95.2 Å². The van der Waals surface area contributed by atoms with Crippen molar-refractivity contribution in [2.45, 2.75) is 68.4 Å². The third-order valence-electron chi connectivity index (χ3n) is 6.50. The van der Waals surface area contributed by atoms with Crippen LogP contribution in [-0.4, -0.2) is 34.6 Å². The normalized spacial score (nSPS) is 14.6. The van der Waals surface area contributed by atoms with Crippen LogP contribution < -0.4 is 5.32 Å². The smallest absolute Gasteiger partial charge is 0.407 e. The second kappa shape index (κ2) is 13.4. The molecule has 7 heteroatoms. The number of nitrogens with zero attached hydrogens (tertiary/aromatic N) is 1. The summed E-state index contributed by atoms with van der Waals surface area (Å²) in [5.41, 5.74) is 3.49. The average Bonchev–Trinajstić information content (AvgIpc) is 2.90. The van der Waals surface area contributed by atoms with Gasteiger partial charge in [0, 0.05) is 47.2 Å². The van der Waals surface area contributed by atoms with E-state index in [4.69, 9.17) is 9.47 Å². The summed E-state index contributed by atoms with van der Waals surface area (Å²) >= 11 is 0. The molecule has 5 nitrogen and oxygen atoms in total. The maximum Gasteiger partial charge on any atom is 0.407 e. The molecule has 0 spiro atoms. The zero-order chi connectivity index (χ0) is 27.7. The van der Waals surface area contributed by atoms with Gasteiger partial charge in [-0.3, -0.25) is 0 Å². The van der Waals surface area contributed by atoms with Gasteiger partial charge in [0.25, 0.3) is 0 Å². The number of benzene rings is 2. The molecule has 0 fully saturated rings. The largest absolute Gasteiger partial charge is 0.441 e. The first-order valence-electron chi connectivity index (χ1n) is 13.2. The van der Waals surface area contributed by atoms with Crippen molar-refractivity contribution in [3.63, 3.8) is 0 Å². The molecule has 1 aliphatic rings. The van der Waals surface area contributed by atoms with E-state index < -0.39 is 12.2 Å². The van der Waals surface area contributed by atoms with Crippen molar-refractivity contribution in [1.29, 1.82) is 0 Å². The Bertz CT molecular complexity index is 1320. The Morgan fingerprint density at radius 2 is 1.69 bits per heavy atom. The molecule has 3 aromatic rings. The van der Waals surface area contributed by atoms with Gasteiger partial charge in [0.05, 0.1) is 5.60 Å². The third-order valence-corrected chi connectivity index (χ3v) is 9.76. The second-order valence-corrected chi connectivity index (χ2v) is 13.6. The first kappa shape index (κ1) is 29.1. The summed E-state index contributed by atoms with van der Waals surface area (Å²) in [5, 5.41) is 3.94. The SMILES string of the molecule is CC(C)(CCNC(=O)OC1Cc2ccccc2C#Cc2ccccc21)OCCC(C)(C)SSc1ccccn1. The Labute approximate surface area is 240 Å². The molecule has 1 N–H and O–H groups in total. The van der Waals surface area contributed by atoms with Crippen LogP contribution in [-0.2, 0) is 15.9 Å². The van der Waals surface area contributed by atoms with Crippen molar-refractivity contribution in [2.24, 2.45) is 0 Å². The Morgan fingerprint density at radius 3 is 2.49 bits per heavy atom. The van der Waals surface area contributed by atoms with Crippen molar-refractivity contribution in [1.82, 2.24) is 10.3 Å². The van der Waals surface area contributed by atoms with Gasteiger partial charge in [-0.15, -0.1) is 0 Å². The number of rotatable bonds is 11. The minimum absolute atomic E-state index is 0.0389. The molecule has 0 saturated carbocycles. The van der Waals surface area contributed by atoms with Crippen LogP contribution in [0.3, 0.4) is 0 Å². The van der Waals surface area contributed by atoms with Gasteiger partial charge in [-0.05, 0) is 81.2 Å². The summed E-state index contributed by atoms with van der Waals surface area (Å²) in [4.78, 5) is 17.2. The number of carbonyl (C=O) groups is 1. The van der Waals surface area contributed by atoms with E-state index in [1.54, 1.807) is 21.6 Å². The maximum atomic E-state index is 12.8. The molecular weight excluding hydrogens is 524 g/mol. The molecule has 1 heterocycles. The van der Waals surface area contributed by atoms with Crippen LogP contribution in [0.5, 0.6) is 0 Å². The zero-order valence-electron chi connectivity index (χ0n) is 23.0. The Morgan fingerprint density at radius 1 is 0.974 bits per heavy atom. The fraction of sp³-hybridized carbons (Fsp3) is 0.375. The van der Waals surface area contributed by atoms with E-state index in [1.165, 1.54) is 0 Å². The summed E-state index contributed by atoms with van der Waals surface area (Å²) in [6.07, 6.45) is 3.13. The first-order valence-corrected chi connectivity index (χ1v) is 15.4. The van der Waals surface area contributed by atoms with Crippen LogP contribution in [0.25, 0.3) is 0 Å². The van der Waals surface area contributed by atoms with E-state index in [0.29, 0.717) is 26.0 Å². The standard InChI is InChI=1S/C32H36N2O3S2/c1-31(2,36-22-19-32(3,4)39-38-29-15-9-10-20-33-29)18-21-34-30(35)37-28-23-26-13-6-5-11-24(26)16-17-25-12-7-8-14-27(25)28/h5-15,20,28H,18-19,21-23H2,1-4H3,(H,34,35). The number of ether oxygens (including phenoxy) is 2. The summed E-state index contributed by atoms with van der Waals surface area (Å²) in [5.74, 6) is 6.51. The van der Waals surface area contributed by atoms with Gasteiger partial charge in [0.15, 0.2) is 0 Å². The predicted molar refractivity (Wildman–Crippen MR) is 161 cm³/mol. The van der Waals surface area contributed by atoms with E-state index >= 15 is 0 Å². The monoisotopic (exact) mass is 560 g/mol. The number of alkyl carbamates (subject to hydrolysis) is 1. The lowest BCUT2D eigenvalue weighted by molar-refractivity contribution is -0.0259. The minimum atomic E-state index is -0.430. The number of aromatic nitrogens is 1. The van der Waals surface area contributed by atoms with E-state index in [9.17, 15) is 4.79 Å². The highest BCUT2D eigenvalue weighted by Crippen LogP contribution is 2.41. The summed E-state index contributed by atoms with van der Waals surface area (Å²) < 4.78 is 12.2. The number of hydrogen-bond acceptors (Lipinski definition) is 6. The molecule has 0 radical (unpaired) electrons. The zero-order valence-corrected chi connectivity index (χ0v) is 24.7. The highest BCUT2D eigenvalue weighted by atomic mass is 33.1. The van der Waals surface area contributed by atoms with Gasteiger partial charge in [0.1, 0.15) is 11.1 Å². The topological polar surface area (TPSA) is 60.5 Å². The molecule has 1 aliphatic carbocycles. The van der Waals surface area contributed by atoms with Gasteiger partial charge < -0.3 is 14.8 Å². The van der Waals surface area contributed by atoms with Crippen LogP contribution in [0.1, 0.15) is 68.9 Å². The second-order valence-electron chi connectivity index (χ2n) is 10.7. The highest BCUT2D eigenvalue weighted by Gasteiger charge is 2.25. The lowest BCUT2D eigenvalue weighted by Crippen LogP contribution is -2.34. The molecule has 1 atom stereocenters. The van der Waals surface area contributed by atoms with Crippen molar-refractivity contribution < 1.29 is 14.3 Å². The Balaban J connectivity index is 1.24. The highest BCUT2D eigenvalue weighted by molar-refractivity contribution is 8.77. The number of nitrogens with one attached hydrogen (secondary N) is 1. The van der Waals surface area contributed by atoms with Gasteiger partial charge in [-0.1, -0.05) is 65.1 Å². The summed E-state index contributed by atoms with van der Waals surface area (Å²) in [6, 6.07) is 21.9. The number of carbonyl (C=O) groups excluding carboxylic acids is 1. The molecule has 1 amide bonds. The summed E-state index contributed by atoms with van der Waals surface area (Å²) in [6.45, 7) is 9.66. The fourth-order valence-corrected chi connectivity index (χ4v) is 6.33. The molecule has 204 valence electrons. The van der Waals surface area contributed by atoms with E-state index in [2.05, 4.69) is 49.8 Å². The van der Waals surface area contributed by atoms with E-state index in [0.717, 1.165) is 33.7 Å². The van der Waals surface area contributed by atoms with Crippen molar-refractivity contribution in [3.8, 4) is 11.8 Å².